The lowest BCUT2D eigenvalue weighted by Gasteiger charge is -2.13. The molecule has 0 aliphatic heterocycles. The summed E-state index contributed by atoms with van der Waals surface area (Å²) in [5, 5.41) is 12.4. The number of allylic oxidation sites excluding steroid dienone is 3. The van der Waals surface area contributed by atoms with Crippen LogP contribution in [0.15, 0.2) is 77.4 Å². The summed E-state index contributed by atoms with van der Waals surface area (Å²) in [6.45, 7) is 0. The third kappa shape index (κ3) is 3.98. The van der Waals surface area contributed by atoms with Gasteiger partial charge in [0.25, 0.3) is 0 Å². The first kappa shape index (κ1) is 15.7. The summed E-state index contributed by atoms with van der Waals surface area (Å²) in [5.74, 6) is 0.827. The zero-order chi connectivity index (χ0) is 16.8. The van der Waals surface area contributed by atoms with Crippen LogP contribution in [0, 0.1) is 5.41 Å². The van der Waals surface area contributed by atoms with Gasteiger partial charge >= 0.3 is 0 Å². The molecule has 0 radical (unpaired) electrons. The van der Waals surface area contributed by atoms with Crippen molar-refractivity contribution in [3.05, 3.63) is 77.9 Å². The molecule has 0 fully saturated rings. The molecule has 0 saturated heterocycles. The Labute approximate surface area is 141 Å². The number of methoxy groups -OCH3 is 1. The Morgan fingerprint density at radius 2 is 1.79 bits per heavy atom. The molecular weight excluding hydrogens is 298 g/mol. The number of nitrogens with zero attached hydrogens (tertiary/aromatic N) is 1. The van der Waals surface area contributed by atoms with Crippen molar-refractivity contribution in [3.63, 3.8) is 0 Å². The van der Waals surface area contributed by atoms with E-state index in [4.69, 9.17) is 10.1 Å². The predicted octanol–water partition coefficient (Wildman–Crippen LogP) is 4.53. The number of hydrogen-bond donors (Lipinski definition) is 2. The van der Waals surface area contributed by atoms with Crippen molar-refractivity contribution in [1.29, 1.82) is 5.41 Å². The molecule has 2 N–H and O–H groups in total. The van der Waals surface area contributed by atoms with Crippen LogP contribution in [0.4, 0.5) is 5.69 Å². The standard InChI is InChI=1S/C20H19N3O/c1-24-19-10-7-15(8-11-19)13-16-14-17(21)9-12-20(16)23-22-18-5-3-2-4-6-18/h2-13,21-22H,14H2,1H3. The highest BCUT2D eigenvalue weighted by Crippen LogP contribution is 2.20. The van der Waals surface area contributed by atoms with E-state index in [0.29, 0.717) is 12.1 Å². The maximum absolute atomic E-state index is 7.91. The first-order valence-electron chi connectivity index (χ1n) is 7.74. The van der Waals surface area contributed by atoms with Gasteiger partial charge in [0.05, 0.1) is 18.5 Å². The molecule has 0 saturated carbocycles. The maximum atomic E-state index is 7.91. The largest absolute Gasteiger partial charge is 0.497 e. The van der Waals surface area contributed by atoms with Crippen molar-refractivity contribution in [2.24, 2.45) is 5.10 Å². The quantitative estimate of drug-likeness (QED) is 0.814. The Morgan fingerprint density at radius 3 is 2.50 bits per heavy atom. The van der Waals surface area contributed by atoms with Crippen LogP contribution in [0.5, 0.6) is 5.75 Å². The summed E-state index contributed by atoms with van der Waals surface area (Å²) in [4.78, 5) is 0. The SMILES string of the molecule is COc1ccc(C=C2CC(=N)C=CC2=NNc2ccccc2)cc1. The van der Waals surface area contributed by atoms with Gasteiger partial charge in [-0.3, -0.25) is 5.43 Å². The molecule has 0 amide bonds. The van der Waals surface area contributed by atoms with E-state index in [1.54, 1.807) is 13.2 Å². The normalized spacial score (nSPS) is 17.3. The molecule has 0 atom stereocenters. The summed E-state index contributed by atoms with van der Waals surface area (Å²) < 4.78 is 5.19. The van der Waals surface area contributed by atoms with Gasteiger partial charge in [-0.25, -0.2) is 0 Å². The molecule has 4 heteroatoms. The van der Waals surface area contributed by atoms with Gasteiger partial charge in [0.1, 0.15) is 5.75 Å². The van der Waals surface area contributed by atoms with Crippen LogP contribution in [-0.2, 0) is 0 Å². The highest BCUT2D eigenvalue weighted by molar-refractivity contribution is 6.20. The average molecular weight is 317 g/mol. The van der Waals surface area contributed by atoms with E-state index in [-0.39, 0.29) is 0 Å². The van der Waals surface area contributed by atoms with Gasteiger partial charge in [0.15, 0.2) is 0 Å². The molecule has 0 unspecified atom stereocenters. The van der Waals surface area contributed by atoms with E-state index < -0.39 is 0 Å². The number of rotatable bonds is 4. The van der Waals surface area contributed by atoms with Crippen molar-refractivity contribution in [2.75, 3.05) is 12.5 Å². The molecule has 0 heterocycles. The molecule has 1 aliphatic carbocycles. The van der Waals surface area contributed by atoms with E-state index >= 15 is 0 Å². The average Bonchev–Trinajstić information content (AvgIpc) is 2.62. The van der Waals surface area contributed by atoms with Crippen LogP contribution >= 0.6 is 0 Å². The van der Waals surface area contributed by atoms with Crippen LogP contribution in [0.3, 0.4) is 0 Å². The number of hydrazone groups is 1. The minimum Gasteiger partial charge on any atom is -0.497 e. The number of nitrogens with one attached hydrogen (secondary N) is 2. The third-order valence-corrected chi connectivity index (χ3v) is 3.69. The Bertz CT molecular complexity index is 803. The fraction of sp³-hybridized carbons (Fsp3) is 0.100. The monoisotopic (exact) mass is 317 g/mol. The molecule has 2 aromatic rings. The second-order valence-electron chi connectivity index (χ2n) is 5.45. The van der Waals surface area contributed by atoms with Crippen LogP contribution in [0.1, 0.15) is 12.0 Å². The molecule has 0 spiro atoms. The number of anilines is 1. The molecule has 2 aromatic carbocycles. The molecule has 0 aromatic heterocycles. The van der Waals surface area contributed by atoms with Crippen molar-refractivity contribution in [3.8, 4) is 5.75 Å². The lowest BCUT2D eigenvalue weighted by Crippen LogP contribution is -2.12. The van der Waals surface area contributed by atoms with E-state index in [0.717, 1.165) is 28.3 Å². The molecule has 3 rings (SSSR count). The van der Waals surface area contributed by atoms with Gasteiger partial charge in [-0.2, -0.15) is 5.10 Å². The molecular formula is C20H19N3O. The van der Waals surface area contributed by atoms with Gasteiger partial charge in [0.2, 0.25) is 0 Å². The van der Waals surface area contributed by atoms with Gasteiger partial charge < -0.3 is 10.1 Å². The molecule has 4 nitrogen and oxygen atoms in total. The van der Waals surface area contributed by atoms with Crippen LogP contribution in [-0.4, -0.2) is 18.5 Å². The van der Waals surface area contributed by atoms with Crippen LogP contribution < -0.4 is 10.2 Å². The van der Waals surface area contributed by atoms with Crippen molar-refractivity contribution in [1.82, 2.24) is 0 Å². The van der Waals surface area contributed by atoms with Crippen LogP contribution in [0.25, 0.3) is 6.08 Å². The topological polar surface area (TPSA) is 57.5 Å². The lowest BCUT2D eigenvalue weighted by molar-refractivity contribution is 0.415. The number of benzene rings is 2. The predicted molar refractivity (Wildman–Crippen MR) is 100.0 cm³/mol. The van der Waals surface area contributed by atoms with Gasteiger partial charge in [-0.15, -0.1) is 0 Å². The summed E-state index contributed by atoms with van der Waals surface area (Å²) in [7, 11) is 1.65. The van der Waals surface area contributed by atoms with Crippen molar-refractivity contribution >= 4 is 23.2 Å². The van der Waals surface area contributed by atoms with Crippen LogP contribution in [0.2, 0.25) is 0 Å². The van der Waals surface area contributed by atoms with Gasteiger partial charge in [-0.05, 0) is 53.6 Å². The minimum atomic E-state index is 0.567. The molecule has 120 valence electrons. The Hall–Kier alpha value is -3.14. The fourth-order valence-corrected chi connectivity index (χ4v) is 2.41. The first-order chi connectivity index (χ1) is 11.7. The highest BCUT2D eigenvalue weighted by atomic mass is 16.5. The zero-order valence-corrected chi connectivity index (χ0v) is 13.5. The minimum absolute atomic E-state index is 0.567. The number of hydrogen-bond acceptors (Lipinski definition) is 4. The van der Waals surface area contributed by atoms with Gasteiger partial charge in [-0.1, -0.05) is 30.3 Å². The van der Waals surface area contributed by atoms with Crippen molar-refractivity contribution < 1.29 is 4.74 Å². The molecule has 1 aliphatic rings. The summed E-state index contributed by atoms with van der Waals surface area (Å²) in [5.41, 5.74) is 7.48. The van der Waals surface area contributed by atoms with Gasteiger partial charge in [0, 0.05) is 12.1 Å². The van der Waals surface area contributed by atoms with E-state index in [9.17, 15) is 0 Å². The fourth-order valence-electron chi connectivity index (χ4n) is 2.41. The Balaban J connectivity index is 1.86. The summed E-state index contributed by atoms with van der Waals surface area (Å²) in [6.07, 6.45) is 6.29. The first-order valence-corrected chi connectivity index (χ1v) is 7.74. The number of para-hydroxylation sites is 1. The molecule has 0 bridgehead atoms. The lowest BCUT2D eigenvalue weighted by atomic mass is 9.95. The van der Waals surface area contributed by atoms with E-state index in [1.165, 1.54) is 0 Å². The second kappa shape index (κ2) is 7.42. The highest BCUT2D eigenvalue weighted by Gasteiger charge is 2.12. The summed E-state index contributed by atoms with van der Waals surface area (Å²) >= 11 is 0. The Morgan fingerprint density at radius 1 is 1.04 bits per heavy atom. The zero-order valence-electron chi connectivity index (χ0n) is 13.5. The Kier molecular flexibility index (Phi) is 4.87. The van der Waals surface area contributed by atoms with E-state index in [1.807, 2.05) is 60.7 Å². The second-order valence-corrected chi connectivity index (χ2v) is 5.45. The smallest absolute Gasteiger partial charge is 0.118 e. The molecule has 24 heavy (non-hydrogen) atoms. The van der Waals surface area contributed by atoms with E-state index in [2.05, 4.69) is 16.6 Å². The third-order valence-electron chi connectivity index (χ3n) is 3.69. The number of ether oxygens (including phenoxy) is 1. The summed E-state index contributed by atoms with van der Waals surface area (Å²) in [6, 6.07) is 17.7. The van der Waals surface area contributed by atoms with Crippen molar-refractivity contribution in [2.45, 2.75) is 6.42 Å². The maximum Gasteiger partial charge on any atom is 0.118 e.